The zero-order valence-electron chi connectivity index (χ0n) is 29.8. The first-order valence-corrected chi connectivity index (χ1v) is 17.7. The number of allylic oxidation sites excluding steroid dienone is 1. The predicted molar refractivity (Wildman–Crippen MR) is 195 cm³/mol. The lowest BCUT2D eigenvalue weighted by atomic mass is 9.85. The van der Waals surface area contributed by atoms with Crippen LogP contribution in [0.2, 0.25) is 0 Å². The number of hydrogen-bond donors (Lipinski definition) is 3. The fourth-order valence-electron chi connectivity index (χ4n) is 6.67. The lowest BCUT2D eigenvalue weighted by Gasteiger charge is -2.32. The van der Waals surface area contributed by atoms with Crippen LogP contribution in [0.1, 0.15) is 81.1 Å². The van der Waals surface area contributed by atoms with Crippen LogP contribution in [0.4, 0.5) is 19.3 Å². The zero-order chi connectivity index (χ0) is 36.1. The Morgan fingerprint density at radius 3 is 2.45 bits per heavy atom. The molecule has 10 nitrogen and oxygen atoms in total. The fourth-order valence-corrected chi connectivity index (χ4v) is 6.67. The number of amidine groups is 1. The van der Waals surface area contributed by atoms with Gasteiger partial charge in [-0.15, -0.1) is 10.2 Å². The molecule has 0 unspecified atom stereocenters. The van der Waals surface area contributed by atoms with Crippen molar-refractivity contribution in [1.29, 1.82) is 0 Å². The van der Waals surface area contributed by atoms with Crippen LogP contribution in [0.5, 0.6) is 5.75 Å². The Balaban J connectivity index is 1.13. The van der Waals surface area contributed by atoms with Crippen LogP contribution in [0.3, 0.4) is 0 Å². The van der Waals surface area contributed by atoms with Gasteiger partial charge in [0.1, 0.15) is 23.5 Å². The number of alkyl halides is 2. The zero-order valence-corrected chi connectivity index (χ0v) is 29.8. The quantitative estimate of drug-likeness (QED) is 0.124. The van der Waals surface area contributed by atoms with Gasteiger partial charge in [-0.05, 0) is 87.0 Å². The summed E-state index contributed by atoms with van der Waals surface area (Å²) < 4.78 is 34.2. The molecule has 0 spiro atoms. The van der Waals surface area contributed by atoms with Crippen LogP contribution in [0.15, 0.2) is 83.6 Å². The molecule has 12 heteroatoms. The second-order valence-corrected chi connectivity index (χ2v) is 14.7. The molecule has 0 bridgehead atoms. The third-order valence-electron chi connectivity index (χ3n) is 9.72. The van der Waals surface area contributed by atoms with Gasteiger partial charge in [0.05, 0.1) is 24.5 Å². The number of ether oxygens (including phenoxy) is 1. The first-order valence-electron chi connectivity index (χ1n) is 17.7. The van der Waals surface area contributed by atoms with Gasteiger partial charge in [0.15, 0.2) is 5.65 Å². The number of benzene rings is 2. The molecule has 1 fully saturated rings. The van der Waals surface area contributed by atoms with Crippen molar-refractivity contribution in [2.75, 3.05) is 19.6 Å². The van der Waals surface area contributed by atoms with Crippen molar-refractivity contribution in [3.8, 4) is 5.75 Å². The van der Waals surface area contributed by atoms with Crippen LogP contribution in [0.25, 0.3) is 5.65 Å². The maximum absolute atomic E-state index is 13.5. The second-order valence-electron chi connectivity index (χ2n) is 14.7. The number of pyridine rings is 1. The van der Waals surface area contributed by atoms with Crippen LogP contribution in [0, 0.1) is 18.3 Å². The number of aliphatic imine (C=N–C) groups is 1. The lowest BCUT2D eigenvalue weighted by molar-refractivity contribution is 0.0688. The Kier molecular flexibility index (Phi) is 11.0. The van der Waals surface area contributed by atoms with E-state index in [-0.39, 0.29) is 30.1 Å². The third kappa shape index (κ3) is 9.29. The van der Waals surface area contributed by atoms with Gasteiger partial charge in [-0.2, -0.15) is 0 Å². The van der Waals surface area contributed by atoms with E-state index in [1.54, 1.807) is 6.08 Å². The summed E-state index contributed by atoms with van der Waals surface area (Å²) in [5.41, 5.74) is 11.3. The molecule has 0 saturated carbocycles. The van der Waals surface area contributed by atoms with Gasteiger partial charge in [0, 0.05) is 23.6 Å². The van der Waals surface area contributed by atoms with Crippen molar-refractivity contribution in [3.63, 3.8) is 0 Å². The maximum Gasteiger partial charge on any atom is 0.320 e. The minimum absolute atomic E-state index is 0.162. The van der Waals surface area contributed by atoms with Gasteiger partial charge in [-0.3, -0.25) is 14.6 Å². The second kappa shape index (κ2) is 15.6. The highest BCUT2D eigenvalue weighted by Crippen LogP contribution is 2.39. The summed E-state index contributed by atoms with van der Waals surface area (Å²) >= 11 is 0. The average molecular weight is 699 g/mol. The average Bonchev–Trinajstić information content (AvgIpc) is 3.48. The Morgan fingerprint density at radius 2 is 1.75 bits per heavy atom. The van der Waals surface area contributed by atoms with E-state index in [0.29, 0.717) is 54.8 Å². The molecule has 4 N–H and O–H groups in total. The number of hydrogen-bond acceptors (Lipinski definition) is 7. The number of carbonyl (C=O) groups excluding carboxylic acids is 1. The Labute approximate surface area is 298 Å². The number of rotatable bonds is 9. The van der Waals surface area contributed by atoms with Gasteiger partial charge in [-0.25, -0.2) is 18.6 Å². The third-order valence-corrected chi connectivity index (χ3v) is 9.72. The summed E-state index contributed by atoms with van der Waals surface area (Å²) in [4.78, 5) is 20.0. The van der Waals surface area contributed by atoms with Crippen molar-refractivity contribution in [3.05, 3.63) is 101 Å². The molecule has 1 saturated heterocycles. The highest BCUT2D eigenvalue weighted by molar-refractivity contribution is 6.05. The molecular formula is C39H48F2N8O2. The number of amides is 2. The number of fused-ring (bicyclic) bond motifs is 2. The summed E-state index contributed by atoms with van der Waals surface area (Å²) in [5, 5.41) is 14.9. The largest absolute Gasteiger partial charge is 0.484 e. The van der Waals surface area contributed by atoms with E-state index in [1.807, 2.05) is 104 Å². The number of piperidine rings is 1. The first kappa shape index (κ1) is 36.0. The molecule has 2 aromatic carbocycles. The molecule has 270 valence electrons. The summed E-state index contributed by atoms with van der Waals surface area (Å²) in [6.07, 6.45) is 4.92. The van der Waals surface area contributed by atoms with Crippen molar-refractivity contribution in [2.24, 2.45) is 22.1 Å². The predicted octanol–water partition coefficient (Wildman–Crippen LogP) is 7.43. The molecule has 3 heterocycles. The molecule has 4 aromatic rings. The van der Waals surface area contributed by atoms with Crippen molar-refractivity contribution in [2.45, 2.75) is 78.4 Å². The Bertz CT molecular complexity index is 1870. The van der Waals surface area contributed by atoms with Gasteiger partial charge in [-0.1, -0.05) is 62.7 Å². The van der Waals surface area contributed by atoms with Gasteiger partial charge >= 0.3 is 6.03 Å². The molecule has 2 atom stereocenters. The van der Waals surface area contributed by atoms with Gasteiger partial charge < -0.3 is 15.8 Å². The topological polar surface area (TPSA) is 122 Å². The lowest BCUT2D eigenvalue weighted by Crippen LogP contribution is -2.42. The number of aryl methyl sites for hydroxylation is 1. The highest BCUT2D eigenvalue weighted by Gasteiger charge is 2.30. The van der Waals surface area contributed by atoms with E-state index in [9.17, 15) is 13.6 Å². The smallest absolute Gasteiger partial charge is 0.320 e. The van der Waals surface area contributed by atoms with Crippen molar-refractivity contribution in [1.82, 2.24) is 30.1 Å². The first-order chi connectivity index (χ1) is 24.4. The minimum Gasteiger partial charge on any atom is -0.484 e. The number of nitrogens with zero attached hydrogens (tertiary/aromatic N) is 5. The molecule has 51 heavy (non-hydrogen) atoms. The summed E-state index contributed by atoms with van der Waals surface area (Å²) in [6, 6.07) is 19.0. The van der Waals surface area contributed by atoms with Crippen LogP contribution >= 0.6 is 0 Å². The number of halogens is 2. The van der Waals surface area contributed by atoms with E-state index < -0.39 is 6.43 Å². The molecule has 1 aliphatic carbocycles. The summed E-state index contributed by atoms with van der Waals surface area (Å²) in [7, 11) is 0. The molecular weight excluding hydrogens is 650 g/mol. The molecule has 6 rings (SSSR count). The van der Waals surface area contributed by atoms with E-state index >= 15 is 0 Å². The van der Waals surface area contributed by atoms with E-state index in [2.05, 4.69) is 25.8 Å². The molecule has 0 radical (unpaired) electrons. The minimum atomic E-state index is -2.30. The Morgan fingerprint density at radius 1 is 1.02 bits per heavy atom. The summed E-state index contributed by atoms with van der Waals surface area (Å²) in [5.74, 6) is 2.25. The number of nitrogens with one attached hydrogen (secondary N) is 2. The molecule has 2 amide bonds. The van der Waals surface area contributed by atoms with Crippen LogP contribution in [-0.4, -0.2) is 57.4 Å². The fraction of sp³-hybridized carbons (Fsp3) is 0.436. The molecule has 2 aliphatic rings. The number of likely N-dealkylation sites (tertiary alicyclic amines) is 1. The number of carbonyl (C=O) groups is 1. The van der Waals surface area contributed by atoms with E-state index in [4.69, 9.17) is 10.5 Å². The van der Waals surface area contributed by atoms with Gasteiger partial charge in [0.25, 0.3) is 6.43 Å². The normalized spacial score (nSPS) is 19.3. The number of aromatic nitrogens is 3. The highest BCUT2D eigenvalue weighted by atomic mass is 19.3. The standard InChI is InChI=1S/C39H48F2N8O2/c1-25-9-11-27(12-10-25)43-35(22-33(42)39(2,3)4)45-38(50)44-31-14-15-32(30-8-6-5-7-29(30)31)51-28-13-16-36-46-47-37(49(36)23-28)21-26-17-19-48(20-18-26)24-34(40)41/h5-13,16,22-23,26,31-32,34H,14-15,17-21,24,42H2,1-4H3,(H2,43,44,45,50)/t31-,32+/m0/s1. The van der Waals surface area contributed by atoms with Crippen molar-refractivity contribution >= 4 is 23.2 Å². The molecule has 1 aliphatic heterocycles. The maximum atomic E-state index is 13.5. The van der Waals surface area contributed by atoms with E-state index in [0.717, 1.165) is 47.4 Å². The molecule has 2 aromatic heterocycles. The number of urea groups is 1. The number of nitrogens with two attached hydrogens (primary N) is 1. The van der Waals surface area contributed by atoms with Gasteiger partial charge in [0.2, 0.25) is 0 Å². The van der Waals surface area contributed by atoms with E-state index in [1.165, 1.54) is 0 Å². The van der Waals surface area contributed by atoms with Crippen LogP contribution in [-0.2, 0) is 6.42 Å². The SMILES string of the molecule is Cc1ccc(N=C(C=C(N)C(C)(C)C)NC(=O)N[C@H]2CC[C@@H](Oc3ccc4nnc(CC5CCN(CC(F)F)CC5)n4c3)c3ccccc32)cc1. The Hall–Kier alpha value is -4.84. The van der Waals surface area contributed by atoms with Crippen LogP contribution < -0.4 is 21.1 Å². The monoisotopic (exact) mass is 698 g/mol. The summed E-state index contributed by atoms with van der Waals surface area (Å²) in [6.45, 7) is 9.22. The van der Waals surface area contributed by atoms with Crippen molar-refractivity contribution < 1.29 is 18.3 Å².